The van der Waals surface area contributed by atoms with Crippen LogP contribution in [0.25, 0.3) is 27.5 Å². The van der Waals surface area contributed by atoms with Crippen molar-refractivity contribution in [3.63, 3.8) is 0 Å². The summed E-state index contributed by atoms with van der Waals surface area (Å²) in [7, 11) is -2.79. The number of halogens is 3. The summed E-state index contributed by atoms with van der Waals surface area (Å²) in [6, 6.07) is 13.2. The molecule has 3 aromatic carbocycles. The second-order valence-corrected chi connectivity index (χ2v) is 13.5. The molecule has 1 fully saturated rings. The molecule has 14 heteroatoms. The van der Waals surface area contributed by atoms with Crippen LogP contribution in [0.15, 0.2) is 64.9 Å². The van der Waals surface area contributed by atoms with Crippen molar-refractivity contribution in [2.45, 2.75) is 30.6 Å². The molecule has 2 heterocycles. The van der Waals surface area contributed by atoms with Crippen LogP contribution in [0.5, 0.6) is 5.75 Å². The monoisotopic (exact) mass is 670 g/mol. The number of carbonyl (C=O) groups is 1. The van der Waals surface area contributed by atoms with Crippen molar-refractivity contribution >= 4 is 38.9 Å². The van der Waals surface area contributed by atoms with E-state index < -0.39 is 32.5 Å². The number of hydrogen-bond donors (Lipinski definition) is 2. The third kappa shape index (κ3) is 6.34. The van der Waals surface area contributed by atoms with Crippen molar-refractivity contribution in [3.8, 4) is 33.3 Å². The first-order chi connectivity index (χ1) is 21.4. The Bertz CT molecular complexity index is 2080. The number of thiazole rings is 1. The van der Waals surface area contributed by atoms with Gasteiger partial charge in [0.15, 0.2) is 5.69 Å². The zero-order valence-corrected chi connectivity index (χ0v) is 26.0. The summed E-state index contributed by atoms with van der Waals surface area (Å²) < 4.78 is 60.6. The van der Waals surface area contributed by atoms with Gasteiger partial charge in [-0.2, -0.15) is 5.10 Å². The Balaban J connectivity index is 1.54. The smallest absolute Gasteiger partial charge is 0.355 e. The Hall–Kier alpha value is -4.17. The SMILES string of the molecule is COc1ccc(-c2cc(-c3nn(-c4nc(C(=O)O)cs4)c(CC4CC4)c3Cc3ccc(S(N)(=O)=O)c(F)c3)ccc2F)cc1Cl. The third-order valence-corrected chi connectivity index (χ3v) is 9.60. The Morgan fingerprint density at radius 3 is 2.49 bits per heavy atom. The van der Waals surface area contributed by atoms with Crippen LogP contribution in [0.3, 0.4) is 0 Å². The maximum absolute atomic E-state index is 15.3. The summed E-state index contributed by atoms with van der Waals surface area (Å²) >= 11 is 7.45. The molecule has 5 aromatic rings. The van der Waals surface area contributed by atoms with Gasteiger partial charge in [-0.25, -0.2) is 36.8 Å². The zero-order valence-electron chi connectivity index (χ0n) is 23.6. The lowest BCUT2D eigenvalue weighted by molar-refractivity contribution is 0.0691. The van der Waals surface area contributed by atoms with Crippen LogP contribution in [-0.4, -0.2) is 41.4 Å². The van der Waals surface area contributed by atoms with E-state index in [9.17, 15) is 22.7 Å². The van der Waals surface area contributed by atoms with Crippen molar-refractivity contribution in [2.75, 3.05) is 7.11 Å². The van der Waals surface area contributed by atoms with E-state index in [1.165, 1.54) is 24.6 Å². The van der Waals surface area contributed by atoms with Crippen LogP contribution in [0.2, 0.25) is 5.02 Å². The number of aromatic carboxylic acids is 1. The summed E-state index contributed by atoms with van der Waals surface area (Å²) in [6.07, 6.45) is 2.71. The van der Waals surface area contributed by atoms with Crippen molar-refractivity contribution in [2.24, 2.45) is 11.1 Å². The Kier molecular flexibility index (Phi) is 8.20. The van der Waals surface area contributed by atoms with Gasteiger partial charge in [0.1, 0.15) is 22.3 Å². The van der Waals surface area contributed by atoms with Crippen molar-refractivity contribution < 1.29 is 31.8 Å². The molecule has 0 radical (unpaired) electrons. The normalized spacial score (nSPS) is 13.3. The average Bonchev–Trinajstić information content (AvgIpc) is 3.55. The molecule has 0 unspecified atom stereocenters. The molecular weight excluding hydrogens is 646 g/mol. The lowest BCUT2D eigenvalue weighted by Gasteiger charge is -2.11. The summed E-state index contributed by atoms with van der Waals surface area (Å²) in [4.78, 5) is 15.3. The number of benzene rings is 3. The molecule has 232 valence electrons. The summed E-state index contributed by atoms with van der Waals surface area (Å²) in [5.74, 6) is -1.86. The second kappa shape index (κ2) is 12.0. The number of methoxy groups -OCH3 is 1. The fourth-order valence-corrected chi connectivity index (χ4v) is 6.76. The zero-order chi connectivity index (χ0) is 32.0. The molecule has 0 aliphatic heterocycles. The number of sulfonamides is 1. The Morgan fingerprint density at radius 1 is 1.11 bits per heavy atom. The predicted octanol–water partition coefficient (Wildman–Crippen LogP) is 6.49. The molecular formula is C31H25ClF2N4O5S2. The van der Waals surface area contributed by atoms with Gasteiger partial charge >= 0.3 is 5.97 Å². The highest BCUT2D eigenvalue weighted by Crippen LogP contribution is 2.40. The Morgan fingerprint density at radius 2 is 1.87 bits per heavy atom. The number of primary sulfonamides is 1. The van der Waals surface area contributed by atoms with Crippen LogP contribution in [0.4, 0.5) is 8.78 Å². The fraction of sp³-hybridized carbons (Fsp3) is 0.194. The lowest BCUT2D eigenvalue weighted by atomic mass is 9.95. The third-order valence-electron chi connectivity index (χ3n) is 7.55. The molecule has 1 aliphatic rings. The topological polar surface area (TPSA) is 137 Å². The molecule has 0 saturated heterocycles. The number of nitrogens with two attached hydrogens (primary N) is 1. The molecule has 0 atom stereocenters. The van der Waals surface area contributed by atoms with Crippen LogP contribution in [0.1, 0.15) is 40.2 Å². The summed E-state index contributed by atoms with van der Waals surface area (Å²) in [5.41, 5.74) is 3.50. The van der Waals surface area contributed by atoms with E-state index in [1.807, 2.05) is 0 Å². The van der Waals surface area contributed by atoms with E-state index in [4.69, 9.17) is 26.6 Å². The van der Waals surface area contributed by atoms with Crippen molar-refractivity contribution in [1.82, 2.24) is 14.8 Å². The number of carboxylic acid groups (broad SMARTS) is 1. The van der Waals surface area contributed by atoms with E-state index in [-0.39, 0.29) is 17.7 Å². The molecule has 3 N–H and O–H groups in total. The fourth-order valence-electron chi connectivity index (χ4n) is 5.14. The van der Waals surface area contributed by atoms with Crippen molar-refractivity contribution in [1.29, 1.82) is 0 Å². The second-order valence-electron chi connectivity index (χ2n) is 10.7. The quantitative estimate of drug-likeness (QED) is 0.173. The average molecular weight is 671 g/mol. The maximum Gasteiger partial charge on any atom is 0.355 e. The molecule has 0 spiro atoms. The molecule has 1 saturated carbocycles. The molecule has 2 aromatic heterocycles. The molecule has 9 nitrogen and oxygen atoms in total. The Labute approximate surface area is 265 Å². The number of hydrogen-bond acceptors (Lipinski definition) is 7. The first kappa shape index (κ1) is 30.8. The van der Waals surface area contributed by atoms with Gasteiger partial charge in [-0.1, -0.05) is 23.7 Å². The highest BCUT2D eigenvalue weighted by atomic mass is 35.5. The number of nitrogens with zero attached hydrogens (tertiary/aromatic N) is 3. The minimum atomic E-state index is -4.27. The van der Waals surface area contributed by atoms with E-state index in [1.54, 1.807) is 35.0 Å². The minimum absolute atomic E-state index is 0.132. The first-order valence-electron chi connectivity index (χ1n) is 13.7. The number of rotatable bonds is 10. The van der Waals surface area contributed by atoms with E-state index in [2.05, 4.69) is 4.98 Å². The highest BCUT2D eigenvalue weighted by molar-refractivity contribution is 7.89. The molecule has 45 heavy (non-hydrogen) atoms. The van der Waals surface area contributed by atoms with E-state index in [0.29, 0.717) is 56.2 Å². The summed E-state index contributed by atoms with van der Waals surface area (Å²) in [5, 5.41) is 21.6. The van der Waals surface area contributed by atoms with Gasteiger partial charge < -0.3 is 9.84 Å². The minimum Gasteiger partial charge on any atom is -0.495 e. The predicted molar refractivity (Wildman–Crippen MR) is 166 cm³/mol. The molecule has 6 rings (SSSR count). The van der Waals surface area contributed by atoms with E-state index >= 15 is 4.39 Å². The van der Waals surface area contributed by atoms with Gasteiger partial charge in [0.25, 0.3) is 0 Å². The molecule has 0 amide bonds. The van der Waals surface area contributed by atoms with Gasteiger partial charge in [0.05, 0.1) is 23.5 Å². The van der Waals surface area contributed by atoms with Gasteiger partial charge in [-0.3, -0.25) is 0 Å². The maximum atomic E-state index is 15.3. The van der Waals surface area contributed by atoms with Crippen LogP contribution in [-0.2, 0) is 22.9 Å². The van der Waals surface area contributed by atoms with Crippen LogP contribution < -0.4 is 9.88 Å². The van der Waals surface area contributed by atoms with Gasteiger partial charge in [-0.15, -0.1) is 11.3 Å². The van der Waals surface area contributed by atoms with Gasteiger partial charge in [0.2, 0.25) is 15.2 Å². The lowest BCUT2D eigenvalue weighted by Crippen LogP contribution is -2.14. The van der Waals surface area contributed by atoms with Gasteiger partial charge in [-0.05, 0) is 78.8 Å². The summed E-state index contributed by atoms with van der Waals surface area (Å²) in [6.45, 7) is 0. The standard InChI is InChI=1S/C31H25ClF2N4O5S2/c1-43-27-8-6-18(14-22(27)32)20-13-19(5-7-23(20)33)29-21(10-17-4-9-28(24(34)11-17)45(35,41)42)26(12-16-2-3-16)38(37-29)31-36-25(15-44-31)30(39)40/h4-9,11,13-16H,2-3,10,12H2,1H3,(H,39,40)(H2,35,41,42). The highest BCUT2D eigenvalue weighted by Gasteiger charge is 2.30. The van der Waals surface area contributed by atoms with Crippen LogP contribution >= 0.6 is 22.9 Å². The number of aromatic nitrogens is 3. The number of ether oxygens (including phenoxy) is 1. The first-order valence-corrected chi connectivity index (χ1v) is 16.5. The molecule has 1 aliphatic carbocycles. The largest absolute Gasteiger partial charge is 0.495 e. The van der Waals surface area contributed by atoms with E-state index in [0.717, 1.165) is 42.0 Å². The molecule has 0 bridgehead atoms. The van der Waals surface area contributed by atoms with Crippen molar-refractivity contribution in [3.05, 3.63) is 99.1 Å². The van der Waals surface area contributed by atoms with Crippen LogP contribution in [0, 0.1) is 17.6 Å². The van der Waals surface area contributed by atoms with Gasteiger partial charge in [0, 0.05) is 28.5 Å². The number of carboxylic acids is 1.